The largest absolute Gasteiger partial charge is 0.494 e. The fourth-order valence-electron chi connectivity index (χ4n) is 3.39. The zero-order chi connectivity index (χ0) is 19.3. The van der Waals surface area contributed by atoms with Crippen molar-refractivity contribution in [1.29, 1.82) is 0 Å². The molecule has 0 fully saturated rings. The first-order valence-electron chi connectivity index (χ1n) is 9.46. The summed E-state index contributed by atoms with van der Waals surface area (Å²) in [5.41, 5.74) is 3.47. The third kappa shape index (κ3) is 3.81. The Labute approximate surface area is 164 Å². The van der Waals surface area contributed by atoms with E-state index in [0.717, 1.165) is 36.6 Å². The minimum atomic E-state index is -0.266. The Hall–Kier alpha value is -3.41. The topological polar surface area (TPSA) is 67.3 Å². The van der Waals surface area contributed by atoms with Crippen LogP contribution in [0.2, 0.25) is 0 Å². The van der Waals surface area contributed by atoms with Crippen LogP contribution >= 0.6 is 0 Å². The highest BCUT2D eigenvalue weighted by atomic mass is 16.5. The molecule has 1 amide bonds. The summed E-state index contributed by atoms with van der Waals surface area (Å²) in [6.07, 6.45) is 3.55. The number of para-hydroxylation sites is 1. The predicted molar refractivity (Wildman–Crippen MR) is 109 cm³/mol. The molecule has 0 saturated heterocycles. The predicted octanol–water partition coefficient (Wildman–Crippen LogP) is 4.21. The Morgan fingerprint density at radius 2 is 1.96 bits per heavy atom. The fraction of sp³-hybridized carbons (Fsp3) is 0.227. The molecule has 0 radical (unpaired) electrons. The van der Waals surface area contributed by atoms with E-state index >= 15 is 0 Å². The summed E-state index contributed by atoms with van der Waals surface area (Å²) in [7, 11) is 0. The highest BCUT2D eigenvalue weighted by Gasteiger charge is 2.20. The van der Waals surface area contributed by atoms with Gasteiger partial charge in [-0.25, -0.2) is 9.97 Å². The normalized spacial score (nSPS) is 13.0. The number of amides is 1. The van der Waals surface area contributed by atoms with Crippen molar-refractivity contribution in [3.05, 3.63) is 72.2 Å². The summed E-state index contributed by atoms with van der Waals surface area (Å²) in [4.78, 5) is 23.4. The number of anilines is 3. The average Bonchev–Trinajstić information content (AvgIpc) is 2.75. The van der Waals surface area contributed by atoms with E-state index in [1.54, 1.807) is 6.07 Å². The molecular formula is C22H22N4O2. The summed E-state index contributed by atoms with van der Waals surface area (Å²) in [6, 6.07) is 17.3. The number of carbonyl (C=O) groups is 1. The van der Waals surface area contributed by atoms with E-state index in [0.29, 0.717) is 18.0 Å². The maximum Gasteiger partial charge on any atom is 0.274 e. The first-order valence-corrected chi connectivity index (χ1v) is 9.46. The van der Waals surface area contributed by atoms with Crippen molar-refractivity contribution in [2.75, 3.05) is 23.4 Å². The molecule has 1 aromatic heterocycles. The first-order chi connectivity index (χ1) is 13.7. The van der Waals surface area contributed by atoms with Crippen LogP contribution in [0.4, 0.5) is 17.2 Å². The first kappa shape index (κ1) is 18.0. The SMILES string of the molecule is CCOc1ccc(NC(=O)c2cc(N3CCCc4ccccc43)ncn2)cc1. The van der Waals surface area contributed by atoms with Gasteiger partial charge in [-0.3, -0.25) is 4.79 Å². The summed E-state index contributed by atoms with van der Waals surface area (Å²) in [6.45, 7) is 3.41. The van der Waals surface area contributed by atoms with Crippen LogP contribution in [-0.4, -0.2) is 29.0 Å². The second kappa shape index (κ2) is 8.08. The lowest BCUT2D eigenvalue weighted by Crippen LogP contribution is -2.26. The zero-order valence-corrected chi connectivity index (χ0v) is 15.8. The lowest BCUT2D eigenvalue weighted by atomic mass is 10.0. The molecule has 1 aliphatic heterocycles. The number of benzene rings is 2. The van der Waals surface area contributed by atoms with Crippen molar-refractivity contribution < 1.29 is 9.53 Å². The lowest BCUT2D eigenvalue weighted by molar-refractivity contribution is 0.102. The molecule has 1 aliphatic rings. The number of nitrogens with zero attached hydrogens (tertiary/aromatic N) is 3. The molecular weight excluding hydrogens is 352 g/mol. The van der Waals surface area contributed by atoms with Gasteiger partial charge in [-0.2, -0.15) is 0 Å². The molecule has 2 aromatic carbocycles. The molecule has 0 unspecified atom stereocenters. The van der Waals surface area contributed by atoms with E-state index in [-0.39, 0.29) is 5.91 Å². The van der Waals surface area contributed by atoms with E-state index in [9.17, 15) is 4.79 Å². The number of hydrogen-bond acceptors (Lipinski definition) is 5. The fourth-order valence-corrected chi connectivity index (χ4v) is 3.39. The maximum atomic E-state index is 12.7. The number of hydrogen-bond donors (Lipinski definition) is 1. The van der Waals surface area contributed by atoms with Gasteiger partial charge < -0.3 is 15.0 Å². The molecule has 0 bridgehead atoms. The number of fused-ring (bicyclic) bond motifs is 1. The Bertz CT molecular complexity index is 972. The molecule has 4 rings (SSSR count). The van der Waals surface area contributed by atoms with Crippen LogP contribution < -0.4 is 15.0 Å². The van der Waals surface area contributed by atoms with Gasteiger partial charge in [-0.15, -0.1) is 0 Å². The lowest BCUT2D eigenvalue weighted by Gasteiger charge is -2.30. The Balaban J connectivity index is 1.53. The number of nitrogens with one attached hydrogen (secondary N) is 1. The summed E-state index contributed by atoms with van der Waals surface area (Å²) in [5.74, 6) is 1.24. The molecule has 28 heavy (non-hydrogen) atoms. The quantitative estimate of drug-likeness (QED) is 0.724. The Morgan fingerprint density at radius 3 is 2.79 bits per heavy atom. The number of aromatic nitrogens is 2. The molecule has 0 spiro atoms. The van der Waals surface area contributed by atoms with Crippen LogP contribution in [0.15, 0.2) is 60.9 Å². The molecule has 1 N–H and O–H groups in total. The minimum absolute atomic E-state index is 0.266. The molecule has 0 saturated carbocycles. The molecule has 6 heteroatoms. The molecule has 142 valence electrons. The monoisotopic (exact) mass is 374 g/mol. The number of aryl methyl sites for hydroxylation is 1. The summed E-state index contributed by atoms with van der Waals surface area (Å²) in [5, 5.41) is 2.87. The van der Waals surface area contributed by atoms with Crippen molar-refractivity contribution in [1.82, 2.24) is 9.97 Å². The highest BCUT2D eigenvalue weighted by molar-refractivity contribution is 6.03. The van der Waals surface area contributed by atoms with Gasteiger partial charge in [0.25, 0.3) is 5.91 Å². The molecule has 0 aliphatic carbocycles. The van der Waals surface area contributed by atoms with Crippen molar-refractivity contribution >= 4 is 23.1 Å². The minimum Gasteiger partial charge on any atom is -0.494 e. The van der Waals surface area contributed by atoms with Gasteiger partial charge in [0, 0.05) is 24.0 Å². The van der Waals surface area contributed by atoms with Crippen LogP contribution in [-0.2, 0) is 6.42 Å². The second-order valence-corrected chi connectivity index (χ2v) is 6.56. The van der Waals surface area contributed by atoms with Crippen LogP contribution in [0.25, 0.3) is 0 Å². The van der Waals surface area contributed by atoms with Crippen LogP contribution in [0.5, 0.6) is 5.75 Å². The van der Waals surface area contributed by atoms with E-state index in [1.807, 2.05) is 37.3 Å². The van der Waals surface area contributed by atoms with Crippen molar-refractivity contribution in [2.45, 2.75) is 19.8 Å². The molecule has 6 nitrogen and oxygen atoms in total. The van der Waals surface area contributed by atoms with Gasteiger partial charge in [0.05, 0.1) is 6.61 Å². The summed E-state index contributed by atoms with van der Waals surface area (Å²) >= 11 is 0. The number of carbonyl (C=O) groups excluding carboxylic acids is 1. The van der Waals surface area contributed by atoms with Gasteiger partial charge in [-0.1, -0.05) is 18.2 Å². The third-order valence-electron chi connectivity index (χ3n) is 4.70. The van der Waals surface area contributed by atoms with E-state index in [1.165, 1.54) is 11.9 Å². The third-order valence-corrected chi connectivity index (χ3v) is 4.70. The van der Waals surface area contributed by atoms with Gasteiger partial charge in [0.1, 0.15) is 23.6 Å². The van der Waals surface area contributed by atoms with Gasteiger partial charge in [0.2, 0.25) is 0 Å². The van der Waals surface area contributed by atoms with Gasteiger partial charge in [0.15, 0.2) is 0 Å². The van der Waals surface area contributed by atoms with E-state index in [4.69, 9.17) is 4.74 Å². The van der Waals surface area contributed by atoms with Crippen molar-refractivity contribution in [2.24, 2.45) is 0 Å². The number of rotatable bonds is 5. The smallest absolute Gasteiger partial charge is 0.274 e. The van der Waals surface area contributed by atoms with Crippen LogP contribution in [0.1, 0.15) is 29.4 Å². The molecule has 2 heterocycles. The highest BCUT2D eigenvalue weighted by Crippen LogP contribution is 2.32. The van der Waals surface area contributed by atoms with Crippen LogP contribution in [0, 0.1) is 0 Å². The van der Waals surface area contributed by atoms with Gasteiger partial charge in [-0.05, 0) is 55.7 Å². The number of ether oxygens (including phenoxy) is 1. The molecule has 3 aromatic rings. The zero-order valence-electron chi connectivity index (χ0n) is 15.8. The maximum absolute atomic E-state index is 12.7. The van der Waals surface area contributed by atoms with E-state index < -0.39 is 0 Å². The summed E-state index contributed by atoms with van der Waals surface area (Å²) < 4.78 is 5.42. The van der Waals surface area contributed by atoms with Gasteiger partial charge >= 0.3 is 0 Å². The average molecular weight is 374 g/mol. The standard InChI is InChI=1S/C22H22N4O2/c1-2-28-18-11-9-17(10-12-18)25-22(27)19-14-21(24-15-23-19)26-13-5-7-16-6-3-4-8-20(16)26/h3-4,6,8-12,14-15H,2,5,7,13H2,1H3,(H,25,27). The van der Waals surface area contributed by atoms with Crippen molar-refractivity contribution in [3.8, 4) is 5.75 Å². The van der Waals surface area contributed by atoms with Crippen molar-refractivity contribution in [3.63, 3.8) is 0 Å². The van der Waals surface area contributed by atoms with E-state index in [2.05, 4.69) is 38.4 Å². The molecule has 0 atom stereocenters. The van der Waals surface area contributed by atoms with Crippen LogP contribution in [0.3, 0.4) is 0 Å². The Morgan fingerprint density at radius 1 is 1.14 bits per heavy atom. The Kier molecular flexibility index (Phi) is 5.19. The second-order valence-electron chi connectivity index (χ2n) is 6.56.